The van der Waals surface area contributed by atoms with Gasteiger partial charge in [-0.25, -0.2) is 4.39 Å². The molecule has 1 aliphatic carbocycles. The van der Waals surface area contributed by atoms with Crippen LogP contribution < -0.4 is 16.4 Å². The van der Waals surface area contributed by atoms with Crippen LogP contribution in [-0.2, 0) is 4.79 Å². The number of hydrogen-bond acceptors (Lipinski definition) is 3. The summed E-state index contributed by atoms with van der Waals surface area (Å²) in [5, 5.41) is 5.87. The monoisotopic (exact) mass is 449 g/mol. The molecule has 0 atom stereocenters. The van der Waals surface area contributed by atoms with Gasteiger partial charge in [0.1, 0.15) is 5.82 Å². The summed E-state index contributed by atoms with van der Waals surface area (Å²) in [6.07, 6.45) is 3.55. The van der Waals surface area contributed by atoms with E-state index in [-0.39, 0.29) is 22.9 Å². The highest BCUT2D eigenvalue weighted by atomic mass is 35.5. The third kappa shape index (κ3) is 5.15. The number of carbonyl (C=O) groups is 2. The molecule has 1 fully saturated rings. The predicted molar refractivity (Wildman–Crippen MR) is 126 cm³/mol. The van der Waals surface area contributed by atoms with Crippen molar-refractivity contribution in [1.82, 2.24) is 5.32 Å². The number of halogens is 2. The zero-order valence-electron chi connectivity index (χ0n) is 17.1. The molecule has 32 heavy (non-hydrogen) atoms. The summed E-state index contributed by atoms with van der Waals surface area (Å²) in [5.41, 5.74) is 8.79. The van der Waals surface area contributed by atoms with Gasteiger partial charge < -0.3 is 16.4 Å². The molecule has 0 aliphatic heterocycles. The van der Waals surface area contributed by atoms with Crippen LogP contribution in [0.25, 0.3) is 11.6 Å². The number of carbonyl (C=O) groups excluding carboxylic acids is 2. The fourth-order valence-corrected chi connectivity index (χ4v) is 3.44. The molecule has 0 radical (unpaired) electrons. The van der Waals surface area contributed by atoms with E-state index in [2.05, 4.69) is 10.6 Å². The number of para-hydroxylation sites is 2. The van der Waals surface area contributed by atoms with Gasteiger partial charge in [0.05, 0.1) is 16.4 Å². The quantitative estimate of drug-likeness (QED) is 0.277. The molecule has 3 aromatic rings. The largest absolute Gasteiger partial charge is 0.397 e. The Hall–Kier alpha value is -3.64. The molecular weight excluding hydrogens is 429 g/mol. The Balaban J connectivity index is 1.59. The Morgan fingerprint density at radius 1 is 1.03 bits per heavy atom. The van der Waals surface area contributed by atoms with Gasteiger partial charge in [0, 0.05) is 22.7 Å². The summed E-state index contributed by atoms with van der Waals surface area (Å²) in [5.74, 6) is -1.05. The van der Waals surface area contributed by atoms with E-state index in [0.29, 0.717) is 33.6 Å². The number of nitrogen functional groups attached to an aromatic ring is 1. The summed E-state index contributed by atoms with van der Waals surface area (Å²) in [4.78, 5) is 25.4. The molecule has 0 unspecified atom stereocenters. The molecule has 1 aliphatic rings. The fraction of sp³-hybridized carbons (Fsp3) is 0.120. The number of nitrogens with two attached hydrogens (primary N) is 1. The number of anilines is 2. The van der Waals surface area contributed by atoms with Gasteiger partial charge in [-0.2, -0.15) is 0 Å². The first-order valence-corrected chi connectivity index (χ1v) is 10.5. The molecule has 7 heteroatoms. The third-order valence-electron chi connectivity index (χ3n) is 5.07. The van der Waals surface area contributed by atoms with Crippen LogP contribution in [0.15, 0.2) is 66.7 Å². The topological polar surface area (TPSA) is 84.2 Å². The highest BCUT2D eigenvalue weighted by Gasteiger charge is 2.26. The number of hydrogen-bond donors (Lipinski definition) is 3. The standard InChI is InChI=1S/C25H21ClFN3O2/c26-21-14-17(27)9-12-19(21)20(25(32)29-18-10-11-18)13-15-5-7-16(8-6-15)24(31)30-23-4-2-1-3-22(23)28/h1-9,12-14,18H,10-11,28H2,(H,29,32)(H,30,31). The lowest BCUT2D eigenvalue weighted by molar-refractivity contribution is -0.115. The molecule has 0 aromatic heterocycles. The van der Waals surface area contributed by atoms with E-state index in [1.54, 1.807) is 54.6 Å². The molecule has 5 nitrogen and oxygen atoms in total. The average Bonchev–Trinajstić information content (AvgIpc) is 3.58. The minimum Gasteiger partial charge on any atom is -0.397 e. The third-order valence-corrected chi connectivity index (χ3v) is 5.38. The SMILES string of the molecule is Nc1ccccc1NC(=O)c1ccc(C=C(C(=O)NC2CC2)c2ccc(F)cc2Cl)cc1. The number of rotatable bonds is 6. The van der Waals surface area contributed by atoms with Gasteiger partial charge in [0.25, 0.3) is 11.8 Å². The summed E-state index contributed by atoms with van der Waals surface area (Å²) < 4.78 is 13.5. The second-order valence-electron chi connectivity index (χ2n) is 7.59. The molecular formula is C25H21ClFN3O2. The van der Waals surface area contributed by atoms with Crippen molar-refractivity contribution in [1.29, 1.82) is 0 Å². The van der Waals surface area contributed by atoms with Crippen molar-refractivity contribution in [2.45, 2.75) is 18.9 Å². The molecule has 0 heterocycles. The van der Waals surface area contributed by atoms with Crippen molar-refractivity contribution in [2.24, 2.45) is 0 Å². The molecule has 162 valence electrons. The predicted octanol–water partition coefficient (Wildman–Crippen LogP) is 5.13. The average molecular weight is 450 g/mol. The van der Waals surface area contributed by atoms with Crippen LogP contribution in [0.1, 0.15) is 34.3 Å². The maximum atomic E-state index is 13.5. The van der Waals surface area contributed by atoms with Crippen molar-refractivity contribution in [3.05, 3.63) is 94.3 Å². The Morgan fingerprint density at radius 2 is 1.75 bits per heavy atom. The molecule has 3 aromatic carbocycles. The van der Waals surface area contributed by atoms with Crippen LogP contribution >= 0.6 is 11.6 Å². The summed E-state index contributed by atoms with van der Waals surface area (Å²) >= 11 is 6.22. The van der Waals surface area contributed by atoms with Gasteiger partial charge in [-0.05, 0) is 66.9 Å². The van der Waals surface area contributed by atoms with E-state index in [9.17, 15) is 14.0 Å². The molecule has 4 N–H and O–H groups in total. The Morgan fingerprint density at radius 3 is 2.41 bits per heavy atom. The van der Waals surface area contributed by atoms with Crippen molar-refractivity contribution < 1.29 is 14.0 Å². The summed E-state index contributed by atoms with van der Waals surface area (Å²) in [6.45, 7) is 0. The van der Waals surface area contributed by atoms with Gasteiger partial charge in [0.2, 0.25) is 0 Å². The van der Waals surface area contributed by atoms with E-state index >= 15 is 0 Å². The van der Waals surface area contributed by atoms with Gasteiger partial charge in [-0.15, -0.1) is 0 Å². The highest BCUT2D eigenvalue weighted by Crippen LogP contribution is 2.29. The molecule has 1 saturated carbocycles. The normalized spacial score (nSPS) is 13.5. The lowest BCUT2D eigenvalue weighted by Crippen LogP contribution is -2.26. The maximum absolute atomic E-state index is 13.5. The van der Waals surface area contributed by atoms with Crippen molar-refractivity contribution in [2.75, 3.05) is 11.1 Å². The van der Waals surface area contributed by atoms with Crippen LogP contribution in [0.4, 0.5) is 15.8 Å². The highest BCUT2D eigenvalue weighted by molar-refractivity contribution is 6.36. The van der Waals surface area contributed by atoms with Gasteiger partial charge in [-0.1, -0.05) is 35.9 Å². The number of benzene rings is 3. The van der Waals surface area contributed by atoms with Gasteiger partial charge >= 0.3 is 0 Å². The van der Waals surface area contributed by atoms with Crippen LogP contribution in [0.2, 0.25) is 5.02 Å². The first-order chi connectivity index (χ1) is 15.4. The molecule has 0 saturated heterocycles. The van der Waals surface area contributed by atoms with Crippen molar-refractivity contribution in [3.63, 3.8) is 0 Å². The Kier molecular flexibility index (Phi) is 6.23. The Labute approximate surface area is 190 Å². The van der Waals surface area contributed by atoms with Crippen LogP contribution in [0, 0.1) is 5.82 Å². The van der Waals surface area contributed by atoms with E-state index in [1.807, 2.05) is 0 Å². The molecule has 0 bridgehead atoms. The zero-order chi connectivity index (χ0) is 22.7. The van der Waals surface area contributed by atoms with Crippen molar-refractivity contribution in [3.8, 4) is 0 Å². The van der Waals surface area contributed by atoms with Crippen LogP contribution in [0.3, 0.4) is 0 Å². The van der Waals surface area contributed by atoms with E-state index < -0.39 is 5.82 Å². The van der Waals surface area contributed by atoms with Crippen LogP contribution in [-0.4, -0.2) is 17.9 Å². The first-order valence-electron chi connectivity index (χ1n) is 10.1. The van der Waals surface area contributed by atoms with Crippen molar-refractivity contribution >= 4 is 46.4 Å². The molecule has 0 spiro atoms. The summed E-state index contributed by atoms with van der Waals surface area (Å²) in [6, 6.07) is 17.9. The zero-order valence-corrected chi connectivity index (χ0v) is 17.8. The van der Waals surface area contributed by atoms with E-state index in [4.69, 9.17) is 17.3 Å². The van der Waals surface area contributed by atoms with E-state index in [1.165, 1.54) is 18.2 Å². The molecule has 4 rings (SSSR count). The lowest BCUT2D eigenvalue weighted by atomic mass is 10.0. The molecule has 2 amide bonds. The second kappa shape index (κ2) is 9.24. The van der Waals surface area contributed by atoms with Crippen LogP contribution in [0.5, 0.6) is 0 Å². The smallest absolute Gasteiger partial charge is 0.255 e. The number of amides is 2. The minimum absolute atomic E-state index is 0.152. The first kappa shape index (κ1) is 21.6. The fourth-order valence-electron chi connectivity index (χ4n) is 3.17. The minimum atomic E-state index is -0.477. The summed E-state index contributed by atoms with van der Waals surface area (Å²) in [7, 11) is 0. The van der Waals surface area contributed by atoms with E-state index in [0.717, 1.165) is 12.8 Å². The second-order valence-corrected chi connectivity index (χ2v) is 8.00. The maximum Gasteiger partial charge on any atom is 0.255 e. The van der Waals surface area contributed by atoms with Gasteiger partial charge in [0.15, 0.2) is 0 Å². The Bertz CT molecular complexity index is 1200. The van der Waals surface area contributed by atoms with Gasteiger partial charge in [-0.3, -0.25) is 9.59 Å². The lowest BCUT2D eigenvalue weighted by Gasteiger charge is -2.11. The number of nitrogens with one attached hydrogen (secondary N) is 2.